The van der Waals surface area contributed by atoms with Crippen LogP contribution in [0.25, 0.3) is 0 Å². The Balaban J connectivity index is 1.64. The van der Waals surface area contributed by atoms with E-state index in [2.05, 4.69) is 0 Å². The number of hydrogen-bond donors (Lipinski definition) is 0. The first-order chi connectivity index (χ1) is 12.5. The lowest BCUT2D eigenvalue weighted by molar-refractivity contribution is 0.0630. The molecule has 2 aromatic carbocycles. The van der Waals surface area contributed by atoms with E-state index in [4.69, 9.17) is 4.74 Å². The number of halogens is 1. The normalized spacial score (nSPS) is 17.0. The van der Waals surface area contributed by atoms with E-state index in [0.717, 1.165) is 12.8 Å². The number of ketones is 1. The lowest BCUT2D eigenvalue weighted by Gasteiger charge is -2.33. The van der Waals surface area contributed by atoms with Crippen molar-refractivity contribution >= 4 is 11.7 Å². The number of nitrogens with zero attached hydrogens (tertiary/aromatic N) is 1. The second-order valence-corrected chi connectivity index (χ2v) is 6.63. The maximum Gasteiger partial charge on any atom is 0.254 e. The summed E-state index contributed by atoms with van der Waals surface area (Å²) in [7, 11) is 0. The van der Waals surface area contributed by atoms with Gasteiger partial charge >= 0.3 is 0 Å². The van der Waals surface area contributed by atoms with Gasteiger partial charge in [0.15, 0.2) is 5.78 Å². The van der Waals surface area contributed by atoms with E-state index in [1.54, 1.807) is 41.3 Å². The standard InChI is InChI=1S/C21H22FNO3/c1-15(24)19-6-2-3-7-20(19)21(25)23-12-4-5-16(13-23)14-26-18-10-8-17(22)9-11-18/h2-3,6-11,16H,4-5,12-14H2,1H3. The van der Waals surface area contributed by atoms with Crippen molar-refractivity contribution in [2.24, 2.45) is 5.92 Å². The number of amides is 1. The average molecular weight is 355 g/mol. The molecule has 136 valence electrons. The van der Waals surface area contributed by atoms with Crippen LogP contribution in [-0.4, -0.2) is 36.3 Å². The van der Waals surface area contributed by atoms with Gasteiger partial charge in [0.1, 0.15) is 11.6 Å². The molecule has 1 atom stereocenters. The summed E-state index contributed by atoms with van der Waals surface area (Å²) in [5.41, 5.74) is 0.919. The number of piperidine rings is 1. The lowest BCUT2D eigenvalue weighted by atomic mass is 9.97. The Labute approximate surface area is 152 Å². The van der Waals surface area contributed by atoms with Gasteiger partial charge in [-0.05, 0) is 50.1 Å². The molecule has 0 bridgehead atoms. The van der Waals surface area contributed by atoms with Crippen LogP contribution in [0.1, 0.15) is 40.5 Å². The van der Waals surface area contributed by atoms with E-state index in [-0.39, 0.29) is 23.4 Å². The molecule has 0 spiro atoms. The molecular weight excluding hydrogens is 333 g/mol. The molecule has 1 saturated heterocycles. The molecule has 2 aromatic rings. The largest absolute Gasteiger partial charge is 0.493 e. The Morgan fingerprint density at radius 2 is 1.81 bits per heavy atom. The van der Waals surface area contributed by atoms with Crippen molar-refractivity contribution in [3.05, 3.63) is 65.5 Å². The van der Waals surface area contributed by atoms with E-state index in [1.165, 1.54) is 19.1 Å². The van der Waals surface area contributed by atoms with Crippen molar-refractivity contribution in [3.63, 3.8) is 0 Å². The van der Waals surface area contributed by atoms with Crippen molar-refractivity contribution in [3.8, 4) is 5.75 Å². The molecule has 0 aromatic heterocycles. The predicted molar refractivity (Wildman–Crippen MR) is 97.0 cm³/mol. The summed E-state index contributed by atoms with van der Waals surface area (Å²) in [6.45, 7) is 3.22. The van der Waals surface area contributed by atoms with Crippen molar-refractivity contribution in [2.75, 3.05) is 19.7 Å². The molecule has 0 saturated carbocycles. The molecule has 0 N–H and O–H groups in total. The van der Waals surface area contributed by atoms with Gasteiger partial charge < -0.3 is 9.64 Å². The average Bonchev–Trinajstić information content (AvgIpc) is 2.67. The number of rotatable bonds is 5. The minimum atomic E-state index is -0.295. The van der Waals surface area contributed by atoms with Crippen LogP contribution in [0.2, 0.25) is 0 Å². The zero-order chi connectivity index (χ0) is 18.5. The van der Waals surface area contributed by atoms with Gasteiger partial charge in [0.05, 0.1) is 12.2 Å². The van der Waals surface area contributed by atoms with Crippen LogP contribution in [0, 0.1) is 11.7 Å². The molecule has 0 radical (unpaired) electrons. The maximum absolute atomic E-state index is 12.9. The topological polar surface area (TPSA) is 46.6 Å². The Morgan fingerprint density at radius 3 is 2.50 bits per heavy atom. The van der Waals surface area contributed by atoms with Gasteiger partial charge in [0, 0.05) is 24.6 Å². The summed E-state index contributed by atoms with van der Waals surface area (Å²) in [5.74, 6) is 0.319. The van der Waals surface area contributed by atoms with Crippen LogP contribution < -0.4 is 4.74 Å². The van der Waals surface area contributed by atoms with Crippen LogP contribution in [0.15, 0.2) is 48.5 Å². The zero-order valence-electron chi connectivity index (χ0n) is 14.8. The third kappa shape index (κ3) is 4.28. The first kappa shape index (κ1) is 18.1. The second-order valence-electron chi connectivity index (χ2n) is 6.63. The highest BCUT2D eigenvalue weighted by Gasteiger charge is 2.26. The highest BCUT2D eigenvalue weighted by atomic mass is 19.1. The molecule has 1 amide bonds. The number of carbonyl (C=O) groups is 2. The monoisotopic (exact) mass is 355 g/mol. The molecule has 26 heavy (non-hydrogen) atoms. The first-order valence-corrected chi connectivity index (χ1v) is 8.82. The predicted octanol–water partition coefficient (Wildman–Crippen LogP) is 3.96. The minimum Gasteiger partial charge on any atom is -0.493 e. The fraction of sp³-hybridized carbons (Fsp3) is 0.333. The number of likely N-dealkylation sites (tertiary alicyclic amines) is 1. The molecule has 1 fully saturated rings. The Hall–Kier alpha value is -2.69. The second kappa shape index (κ2) is 8.13. The quantitative estimate of drug-likeness (QED) is 0.763. The molecule has 5 heteroatoms. The van der Waals surface area contributed by atoms with Gasteiger partial charge in [-0.1, -0.05) is 18.2 Å². The van der Waals surface area contributed by atoms with E-state index in [9.17, 15) is 14.0 Å². The fourth-order valence-corrected chi connectivity index (χ4v) is 3.28. The fourth-order valence-electron chi connectivity index (χ4n) is 3.28. The summed E-state index contributed by atoms with van der Waals surface area (Å²) >= 11 is 0. The van der Waals surface area contributed by atoms with Gasteiger partial charge in [-0.2, -0.15) is 0 Å². The highest BCUT2D eigenvalue weighted by Crippen LogP contribution is 2.22. The summed E-state index contributed by atoms with van der Waals surface area (Å²) in [5, 5.41) is 0. The highest BCUT2D eigenvalue weighted by molar-refractivity contribution is 6.07. The molecule has 3 rings (SSSR count). The molecule has 0 aliphatic carbocycles. The third-order valence-corrected chi connectivity index (χ3v) is 4.64. The first-order valence-electron chi connectivity index (χ1n) is 8.82. The van der Waals surface area contributed by atoms with Gasteiger partial charge in [0.25, 0.3) is 5.91 Å². The van der Waals surface area contributed by atoms with Crippen LogP contribution in [0.5, 0.6) is 5.75 Å². The minimum absolute atomic E-state index is 0.109. The number of carbonyl (C=O) groups excluding carboxylic acids is 2. The van der Waals surface area contributed by atoms with E-state index in [1.807, 2.05) is 0 Å². The Kier molecular flexibility index (Phi) is 5.66. The SMILES string of the molecule is CC(=O)c1ccccc1C(=O)N1CCCC(COc2ccc(F)cc2)C1. The van der Waals surface area contributed by atoms with Crippen LogP contribution >= 0.6 is 0 Å². The molecule has 4 nitrogen and oxygen atoms in total. The summed E-state index contributed by atoms with van der Waals surface area (Å²) in [4.78, 5) is 26.5. The van der Waals surface area contributed by atoms with E-state index >= 15 is 0 Å². The molecule has 1 aliphatic heterocycles. The van der Waals surface area contributed by atoms with Crippen LogP contribution in [-0.2, 0) is 0 Å². The van der Waals surface area contributed by atoms with E-state index in [0.29, 0.717) is 36.6 Å². The van der Waals surface area contributed by atoms with Crippen LogP contribution in [0.4, 0.5) is 4.39 Å². The van der Waals surface area contributed by atoms with Crippen LogP contribution in [0.3, 0.4) is 0 Å². The molecule has 1 unspecified atom stereocenters. The van der Waals surface area contributed by atoms with E-state index < -0.39 is 0 Å². The Morgan fingerprint density at radius 1 is 1.12 bits per heavy atom. The third-order valence-electron chi connectivity index (χ3n) is 4.64. The summed E-state index contributed by atoms with van der Waals surface area (Å²) in [6, 6.07) is 12.9. The van der Waals surface area contributed by atoms with Crippen molar-refractivity contribution < 1.29 is 18.7 Å². The Bertz CT molecular complexity index is 788. The maximum atomic E-state index is 12.9. The number of hydrogen-bond acceptors (Lipinski definition) is 3. The molecular formula is C21H22FNO3. The zero-order valence-corrected chi connectivity index (χ0v) is 14.8. The summed E-state index contributed by atoms with van der Waals surface area (Å²) < 4.78 is 18.7. The molecule has 1 aliphatic rings. The number of benzene rings is 2. The van der Waals surface area contributed by atoms with Crippen molar-refractivity contribution in [2.45, 2.75) is 19.8 Å². The van der Waals surface area contributed by atoms with Crippen molar-refractivity contribution in [1.82, 2.24) is 4.90 Å². The lowest BCUT2D eigenvalue weighted by Crippen LogP contribution is -2.42. The summed E-state index contributed by atoms with van der Waals surface area (Å²) in [6.07, 6.45) is 1.87. The number of ether oxygens (including phenoxy) is 1. The molecule has 1 heterocycles. The van der Waals surface area contributed by atoms with Gasteiger partial charge in [0.2, 0.25) is 0 Å². The van der Waals surface area contributed by atoms with Gasteiger partial charge in [-0.25, -0.2) is 4.39 Å². The smallest absolute Gasteiger partial charge is 0.254 e. The van der Waals surface area contributed by atoms with Crippen molar-refractivity contribution in [1.29, 1.82) is 0 Å². The van der Waals surface area contributed by atoms with Gasteiger partial charge in [-0.3, -0.25) is 9.59 Å². The van der Waals surface area contributed by atoms with Gasteiger partial charge in [-0.15, -0.1) is 0 Å². The number of Topliss-reactive ketones (excluding diaryl/α,β-unsaturated/α-hetero) is 1.